The molecule has 2 rings (SSSR count). The fourth-order valence-electron chi connectivity index (χ4n) is 2.54. The van der Waals surface area contributed by atoms with Crippen LogP contribution in [0, 0.1) is 6.92 Å². The molecule has 0 fully saturated rings. The number of halogens is 1. The molecular weight excluding hydrogens is 312 g/mol. The van der Waals surface area contributed by atoms with Crippen molar-refractivity contribution in [1.82, 2.24) is 0 Å². The van der Waals surface area contributed by atoms with Gasteiger partial charge in [0.1, 0.15) is 0 Å². The Morgan fingerprint density at radius 1 is 1.05 bits per heavy atom. The first-order valence-electron chi connectivity index (χ1n) is 6.88. The van der Waals surface area contributed by atoms with E-state index in [1.807, 2.05) is 18.2 Å². The van der Waals surface area contributed by atoms with E-state index in [0.29, 0.717) is 6.54 Å². The molecule has 0 spiro atoms. The van der Waals surface area contributed by atoms with Crippen molar-refractivity contribution in [2.45, 2.75) is 25.3 Å². The van der Waals surface area contributed by atoms with Gasteiger partial charge in [0.25, 0.3) is 0 Å². The first kappa shape index (κ1) is 15.2. The van der Waals surface area contributed by atoms with Crippen LogP contribution in [0.5, 0.6) is 0 Å². The Hall–Kier alpha value is -1.16. The second kappa shape index (κ2) is 7.02. The zero-order chi connectivity index (χ0) is 14.5. The third-order valence-electron chi connectivity index (χ3n) is 3.79. The Bertz CT molecular complexity index is 568. The molecule has 0 bridgehead atoms. The van der Waals surface area contributed by atoms with Crippen molar-refractivity contribution in [2.75, 3.05) is 6.54 Å². The van der Waals surface area contributed by atoms with Crippen LogP contribution in [0.4, 0.5) is 0 Å². The van der Waals surface area contributed by atoms with Crippen LogP contribution >= 0.6 is 15.9 Å². The van der Waals surface area contributed by atoms with E-state index in [1.165, 1.54) is 16.7 Å². The minimum Gasteiger partial charge on any atom is -0.330 e. The highest BCUT2D eigenvalue weighted by molar-refractivity contribution is 9.10. The van der Waals surface area contributed by atoms with Gasteiger partial charge in [0.15, 0.2) is 0 Å². The lowest BCUT2D eigenvalue weighted by Crippen LogP contribution is -2.35. The summed E-state index contributed by atoms with van der Waals surface area (Å²) in [6.07, 6.45) is 0.843. The van der Waals surface area contributed by atoms with Crippen molar-refractivity contribution >= 4 is 15.9 Å². The number of aryl methyl sites for hydroxylation is 1. The Morgan fingerprint density at radius 2 is 1.70 bits per heavy atom. The first-order valence-corrected chi connectivity index (χ1v) is 7.67. The average molecular weight is 333 g/mol. The molecule has 2 atom stereocenters. The van der Waals surface area contributed by atoms with Crippen LogP contribution in [0.25, 0.3) is 0 Å². The van der Waals surface area contributed by atoms with E-state index in [4.69, 9.17) is 11.5 Å². The van der Waals surface area contributed by atoms with Gasteiger partial charge in [0.2, 0.25) is 0 Å². The van der Waals surface area contributed by atoms with Gasteiger partial charge in [-0.2, -0.15) is 0 Å². The predicted molar refractivity (Wildman–Crippen MR) is 88.8 cm³/mol. The van der Waals surface area contributed by atoms with Crippen LogP contribution in [0.1, 0.15) is 22.6 Å². The highest BCUT2D eigenvalue weighted by Gasteiger charge is 2.21. The minimum atomic E-state index is 0.0137. The topological polar surface area (TPSA) is 52.0 Å². The summed E-state index contributed by atoms with van der Waals surface area (Å²) in [7, 11) is 0. The third-order valence-corrected chi connectivity index (χ3v) is 4.51. The summed E-state index contributed by atoms with van der Waals surface area (Å²) in [4.78, 5) is 0. The van der Waals surface area contributed by atoms with E-state index in [1.54, 1.807) is 0 Å². The van der Waals surface area contributed by atoms with Crippen LogP contribution in [-0.2, 0) is 6.42 Å². The van der Waals surface area contributed by atoms with Gasteiger partial charge in [-0.25, -0.2) is 0 Å². The number of hydrogen-bond donors (Lipinski definition) is 2. The molecular formula is C17H21BrN2. The minimum absolute atomic E-state index is 0.0137. The maximum absolute atomic E-state index is 6.43. The molecule has 0 aromatic heterocycles. The molecule has 0 aliphatic carbocycles. The van der Waals surface area contributed by atoms with Crippen molar-refractivity contribution < 1.29 is 0 Å². The van der Waals surface area contributed by atoms with Gasteiger partial charge in [-0.1, -0.05) is 58.4 Å². The summed E-state index contributed by atoms with van der Waals surface area (Å²) >= 11 is 3.59. The van der Waals surface area contributed by atoms with E-state index < -0.39 is 0 Å². The van der Waals surface area contributed by atoms with Gasteiger partial charge in [0, 0.05) is 23.0 Å². The van der Waals surface area contributed by atoms with Gasteiger partial charge in [-0.15, -0.1) is 0 Å². The Balaban J connectivity index is 2.20. The maximum atomic E-state index is 6.43. The lowest BCUT2D eigenvalue weighted by molar-refractivity contribution is 0.533. The molecule has 4 N–H and O–H groups in total. The molecule has 2 nitrogen and oxygen atoms in total. The Kier molecular flexibility index (Phi) is 5.35. The molecule has 2 unspecified atom stereocenters. The van der Waals surface area contributed by atoms with E-state index in [9.17, 15) is 0 Å². The van der Waals surface area contributed by atoms with Gasteiger partial charge >= 0.3 is 0 Å². The molecule has 2 aromatic rings. The largest absolute Gasteiger partial charge is 0.330 e. The zero-order valence-electron chi connectivity index (χ0n) is 11.7. The van der Waals surface area contributed by atoms with Crippen LogP contribution in [0.2, 0.25) is 0 Å². The summed E-state index contributed by atoms with van der Waals surface area (Å²) in [5.41, 5.74) is 16.2. The second-order valence-electron chi connectivity index (χ2n) is 5.16. The average Bonchev–Trinajstić information content (AvgIpc) is 2.44. The smallest absolute Gasteiger partial charge is 0.0211 e. The summed E-state index contributed by atoms with van der Waals surface area (Å²) in [6.45, 7) is 2.67. The number of nitrogens with two attached hydrogens (primary N) is 2. The Morgan fingerprint density at radius 3 is 2.35 bits per heavy atom. The third kappa shape index (κ3) is 3.48. The lowest BCUT2D eigenvalue weighted by Gasteiger charge is -2.24. The quantitative estimate of drug-likeness (QED) is 0.881. The van der Waals surface area contributed by atoms with Crippen LogP contribution < -0.4 is 11.5 Å². The molecule has 2 aromatic carbocycles. The number of rotatable bonds is 5. The van der Waals surface area contributed by atoms with Gasteiger partial charge in [0.05, 0.1) is 0 Å². The summed E-state index contributed by atoms with van der Waals surface area (Å²) in [5.74, 6) is 0.158. The van der Waals surface area contributed by atoms with Crippen LogP contribution in [0.15, 0.2) is 53.0 Å². The predicted octanol–water partition coefficient (Wildman–Crippen LogP) is 3.37. The molecule has 0 amide bonds. The first-order chi connectivity index (χ1) is 9.63. The van der Waals surface area contributed by atoms with Crippen molar-refractivity contribution in [1.29, 1.82) is 0 Å². The van der Waals surface area contributed by atoms with Crippen molar-refractivity contribution in [3.05, 3.63) is 69.7 Å². The van der Waals surface area contributed by atoms with Crippen molar-refractivity contribution in [2.24, 2.45) is 11.5 Å². The van der Waals surface area contributed by atoms with E-state index >= 15 is 0 Å². The molecule has 0 aliphatic heterocycles. The van der Waals surface area contributed by atoms with E-state index in [2.05, 4.69) is 53.2 Å². The van der Waals surface area contributed by atoms with Crippen LogP contribution in [0.3, 0.4) is 0 Å². The van der Waals surface area contributed by atoms with Crippen molar-refractivity contribution in [3.8, 4) is 0 Å². The van der Waals surface area contributed by atoms with Crippen molar-refractivity contribution in [3.63, 3.8) is 0 Å². The second-order valence-corrected chi connectivity index (χ2v) is 6.01. The zero-order valence-corrected chi connectivity index (χ0v) is 13.3. The number of benzene rings is 2. The molecule has 0 saturated carbocycles. The van der Waals surface area contributed by atoms with Gasteiger partial charge < -0.3 is 11.5 Å². The fraction of sp³-hybridized carbons (Fsp3) is 0.294. The van der Waals surface area contributed by atoms with Gasteiger partial charge in [-0.3, -0.25) is 0 Å². The molecule has 0 heterocycles. The summed E-state index contributed by atoms with van der Waals surface area (Å²) < 4.78 is 1.08. The van der Waals surface area contributed by atoms with Crippen LogP contribution in [-0.4, -0.2) is 12.6 Å². The normalized spacial score (nSPS) is 14.0. The molecule has 20 heavy (non-hydrogen) atoms. The van der Waals surface area contributed by atoms with Gasteiger partial charge in [-0.05, 0) is 36.1 Å². The summed E-state index contributed by atoms with van der Waals surface area (Å²) in [6, 6.07) is 16.6. The standard InChI is InChI=1S/C17H21BrN2/c1-12-6-2-3-7-13(12)10-17(20)15(11-19)14-8-4-5-9-16(14)18/h2-9,15,17H,10-11,19-20H2,1H3. The number of hydrogen-bond acceptors (Lipinski definition) is 2. The molecule has 3 heteroatoms. The summed E-state index contributed by atoms with van der Waals surface area (Å²) in [5, 5.41) is 0. The molecule has 0 radical (unpaired) electrons. The van der Waals surface area contributed by atoms with E-state index in [-0.39, 0.29) is 12.0 Å². The molecule has 0 saturated heterocycles. The van der Waals surface area contributed by atoms with E-state index in [0.717, 1.165) is 10.9 Å². The Labute approximate surface area is 129 Å². The highest BCUT2D eigenvalue weighted by Crippen LogP contribution is 2.27. The highest BCUT2D eigenvalue weighted by atomic mass is 79.9. The maximum Gasteiger partial charge on any atom is 0.0211 e. The molecule has 106 valence electrons. The molecule has 0 aliphatic rings. The SMILES string of the molecule is Cc1ccccc1CC(N)C(CN)c1ccccc1Br. The fourth-order valence-corrected chi connectivity index (χ4v) is 3.12. The monoisotopic (exact) mass is 332 g/mol. The lowest BCUT2D eigenvalue weighted by atomic mass is 9.87.